The molecule has 0 aromatic heterocycles. The van der Waals surface area contributed by atoms with Gasteiger partial charge in [-0.2, -0.15) is 0 Å². The summed E-state index contributed by atoms with van der Waals surface area (Å²) in [6.07, 6.45) is 3.11. The van der Waals surface area contributed by atoms with E-state index in [0.29, 0.717) is 6.54 Å². The molecule has 2 aromatic rings. The Morgan fingerprint density at radius 2 is 1.76 bits per heavy atom. The molecule has 2 amide bonds. The van der Waals surface area contributed by atoms with E-state index in [1.165, 1.54) is 16.8 Å². The number of hydrogen-bond donors (Lipinski definition) is 2. The molecular weight excluding hydrogens is 360 g/mol. The van der Waals surface area contributed by atoms with Crippen LogP contribution in [0.5, 0.6) is 0 Å². The zero-order valence-electron chi connectivity index (χ0n) is 17.3. The van der Waals surface area contributed by atoms with Crippen LogP contribution < -0.4 is 15.5 Å². The van der Waals surface area contributed by atoms with Crippen molar-refractivity contribution in [1.29, 1.82) is 0 Å². The van der Waals surface area contributed by atoms with Crippen molar-refractivity contribution in [2.45, 2.75) is 44.8 Å². The molecule has 29 heavy (non-hydrogen) atoms. The predicted molar refractivity (Wildman–Crippen MR) is 118 cm³/mol. The van der Waals surface area contributed by atoms with Crippen LogP contribution in [0.3, 0.4) is 0 Å². The first-order valence-corrected chi connectivity index (χ1v) is 10.8. The zero-order chi connectivity index (χ0) is 20.1. The molecule has 2 N–H and O–H groups in total. The molecule has 2 aliphatic heterocycles. The molecule has 1 saturated heterocycles. The Kier molecular flexibility index (Phi) is 6.35. The highest BCUT2D eigenvalue weighted by Gasteiger charge is 2.24. The first-order chi connectivity index (χ1) is 14.2. The van der Waals surface area contributed by atoms with Crippen LogP contribution in [-0.4, -0.2) is 49.2 Å². The summed E-state index contributed by atoms with van der Waals surface area (Å²) in [7, 11) is 0. The lowest BCUT2D eigenvalue weighted by Crippen LogP contribution is -2.50. The molecule has 2 aliphatic rings. The molecule has 1 fully saturated rings. The molecule has 0 unspecified atom stereocenters. The van der Waals surface area contributed by atoms with Crippen LogP contribution in [0.25, 0.3) is 0 Å². The van der Waals surface area contributed by atoms with Gasteiger partial charge in [-0.25, -0.2) is 4.79 Å². The molecule has 0 radical (unpaired) electrons. The van der Waals surface area contributed by atoms with Crippen molar-refractivity contribution in [2.75, 3.05) is 31.1 Å². The summed E-state index contributed by atoms with van der Waals surface area (Å²) in [5.74, 6) is 0. The van der Waals surface area contributed by atoms with Gasteiger partial charge >= 0.3 is 6.03 Å². The highest BCUT2D eigenvalue weighted by Crippen LogP contribution is 2.28. The molecule has 5 nitrogen and oxygen atoms in total. The summed E-state index contributed by atoms with van der Waals surface area (Å²) in [4.78, 5) is 17.3. The lowest BCUT2D eigenvalue weighted by Gasteiger charge is -2.32. The molecule has 154 valence electrons. The summed E-state index contributed by atoms with van der Waals surface area (Å²) >= 11 is 0. The standard InChI is InChI=1S/C24H32N4O/c1-19(28-16-11-21-9-5-6-10-23(21)28)17-25-24(29)26-22-12-14-27(15-13-22)18-20-7-3-2-4-8-20/h2-10,19,22H,11-18H2,1H3,(H2,25,26,29)/t19-/m1/s1. The molecule has 1 atom stereocenters. The summed E-state index contributed by atoms with van der Waals surface area (Å²) in [5.41, 5.74) is 4.08. The first-order valence-electron chi connectivity index (χ1n) is 10.8. The van der Waals surface area contributed by atoms with Crippen LogP contribution in [0, 0.1) is 0 Å². The van der Waals surface area contributed by atoms with E-state index in [-0.39, 0.29) is 18.1 Å². The van der Waals surface area contributed by atoms with E-state index >= 15 is 0 Å². The molecule has 0 saturated carbocycles. The van der Waals surface area contributed by atoms with Crippen molar-refractivity contribution in [3.8, 4) is 0 Å². The van der Waals surface area contributed by atoms with Gasteiger partial charge in [0.25, 0.3) is 0 Å². The van der Waals surface area contributed by atoms with Gasteiger partial charge in [0.1, 0.15) is 0 Å². The largest absolute Gasteiger partial charge is 0.366 e. The maximum Gasteiger partial charge on any atom is 0.315 e. The van der Waals surface area contributed by atoms with Crippen LogP contribution in [0.1, 0.15) is 30.9 Å². The number of fused-ring (bicyclic) bond motifs is 1. The lowest BCUT2D eigenvalue weighted by atomic mass is 10.0. The molecule has 0 aliphatic carbocycles. The number of benzene rings is 2. The first kappa shape index (κ1) is 19.8. The van der Waals surface area contributed by atoms with Gasteiger partial charge in [-0.1, -0.05) is 48.5 Å². The number of rotatable bonds is 6. The number of carbonyl (C=O) groups excluding carboxylic acids is 1. The van der Waals surface area contributed by atoms with Gasteiger partial charge < -0.3 is 15.5 Å². The normalized spacial score (nSPS) is 18.3. The number of hydrogen-bond acceptors (Lipinski definition) is 3. The van der Waals surface area contributed by atoms with Crippen molar-refractivity contribution >= 4 is 11.7 Å². The average Bonchev–Trinajstić information content (AvgIpc) is 3.18. The van der Waals surface area contributed by atoms with Crippen molar-refractivity contribution in [3.05, 3.63) is 65.7 Å². The molecule has 2 heterocycles. The molecule has 2 aromatic carbocycles. The van der Waals surface area contributed by atoms with Gasteiger partial charge in [0, 0.05) is 50.5 Å². The Morgan fingerprint density at radius 1 is 1.03 bits per heavy atom. The fourth-order valence-corrected chi connectivity index (χ4v) is 4.49. The molecule has 5 heteroatoms. The molecule has 0 spiro atoms. The Morgan fingerprint density at radius 3 is 2.55 bits per heavy atom. The van der Waals surface area contributed by atoms with Crippen LogP contribution >= 0.6 is 0 Å². The van der Waals surface area contributed by atoms with Crippen LogP contribution in [0.15, 0.2) is 54.6 Å². The molecular formula is C24H32N4O. The maximum atomic E-state index is 12.4. The molecule has 0 bridgehead atoms. The van der Waals surface area contributed by atoms with Gasteiger partial charge in [0.2, 0.25) is 0 Å². The smallest absolute Gasteiger partial charge is 0.315 e. The van der Waals surface area contributed by atoms with Gasteiger partial charge in [0.05, 0.1) is 0 Å². The van der Waals surface area contributed by atoms with Crippen molar-refractivity contribution in [1.82, 2.24) is 15.5 Å². The van der Waals surface area contributed by atoms with Crippen LogP contribution in [0.2, 0.25) is 0 Å². The van der Waals surface area contributed by atoms with Gasteiger partial charge in [0.15, 0.2) is 0 Å². The number of amides is 2. The van der Waals surface area contributed by atoms with E-state index in [1.807, 2.05) is 0 Å². The minimum atomic E-state index is -0.0363. The minimum Gasteiger partial charge on any atom is -0.366 e. The van der Waals surface area contributed by atoms with Crippen molar-refractivity contribution in [3.63, 3.8) is 0 Å². The quantitative estimate of drug-likeness (QED) is 0.792. The van der Waals surface area contributed by atoms with Crippen LogP contribution in [0.4, 0.5) is 10.5 Å². The number of nitrogens with one attached hydrogen (secondary N) is 2. The van der Waals surface area contributed by atoms with Gasteiger partial charge in [-0.15, -0.1) is 0 Å². The van der Waals surface area contributed by atoms with Gasteiger partial charge in [-0.05, 0) is 43.4 Å². The number of nitrogens with zero attached hydrogens (tertiary/aromatic N) is 2. The van der Waals surface area contributed by atoms with Crippen molar-refractivity contribution in [2.24, 2.45) is 0 Å². The van der Waals surface area contributed by atoms with Crippen molar-refractivity contribution < 1.29 is 4.79 Å². The summed E-state index contributed by atoms with van der Waals surface area (Å²) < 4.78 is 0. The van der Waals surface area contributed by atoms with E-state index in [0.717, 1.165) is 45.4 Å². The predicted octanol–water partition coefficient (Wildman–Crippen LogP) is 3.40. The Bertz CT molecular complexity index is 802. The second kappa shape index (κ2) is 9.31. The minimum absolute atomic E-state index is 0.0363. The number of likely N-dealkylation sites (tertiary alicyclic amines) is 1. The number of para-hydroxylation sites is 1. The number of piperidine rings is 1. The zero-order valence-corrected chi connectivity index (χ0v) is 17.3. The Balaban J connectivity index is 1.17. The van der Waals surface area contributed by atoms with E-state index in [1.54, 1.807) is 0 Å². The van der Waals surface area contributed by atoms with E-state index in [2.05, 4.69) is 82.0 Å². The Labute approximate surface area is 174 Å². The fraction of sp³-hybridized carbons (Fsp3) is 0.458. The van der Waals surface area contributed by atoms with E-state index in [4.69, 9.17) is 0 Å². The summed E-state index contributed by atoms with van der Waals surface area (Å²) in [6.45, 7) is 6.93. The van der Waals surface area contributed by atoms with Gasteiger partial charge in [-0.3, -0.25) is 4.90 Å². The Hall–Kier alpha value is -2.53. The average molecular weight is 393 g/mol. The highest BCUT2D eigenvalue weighted by atomic mass is 16.2. The topological polar surface area (TPSA) is 47.6 Å². The monoisotopic (exact) mass is 392 g/mol. The third-order valence-corrected chi connectivity index (χ3v) is 6.18. The SMILES string of the molecule is C[C@H](CNC(=O)NC1CCN(Cc2ccccc2)CC1)N1CCc2ccccc21. The van der Waals surface area contributed by atoms with E-state index < -0.39 is 0 Å². The second-order valence-corrected chi connectivity index (χ2v) is 8.31. The third kappa shape index (κ3) is 5.10. The maximum absolute atomic E-state index is 12.4. The van der Waals surface area contributed by atoms with Crippen LogP contribution in [-0.2, 0) is 13.0 Å². The lowest BCUT2D eigenvalue weighted by molar-refractivity contribution is 0.186. The second-order valence-electron chi connectivity index (χ2n) is 8.31. The highest BCUT2D eigenvalue weighted by molar-refractivity contribution is 5.74. The number of anilines is 1. The number of urea groups is 1. The summed E-state index contributed by atoms with van der Waals surface area (Å²) in [6, 6.07) is 19.7. The van der Waals surface area contributed by atoms with E-state index in [9.17, 15) is 4.79 Å². The third-order valence-electron chi connectivity index (χ3n) is 6.18. The number of carbonyl (C=O) groups is 1. The fourth-order valence-electron chi connectivity index (χ4n) is 4.49. The molecule has 4 rings (SSSR count). The summed E-state index contributed by atoms with van der Waals surface area (Å²) in [5, 5.41) is 6.26.